The van der Waals surface area contributed by atoms with Gasteiger partial charge in [0.25, 0.3) is 0 Å². The monoisotopic (exact) mass is 280 g/mol. The molecule has 0 spiro atoms. The van der Waals surface area contributed by atoms with E-state index >= 15 is 0 Å². The van der Waals surface area contributed by atoms with Gasteiger partial charge in [-0.1, -0.05) is 33.1 Å². The highest BCUT2D eigenvalue weighted by Gasteiger charge is 2.15. The lowest BCUT2D eigenvalue weighted by molar-refractivity contribution is -0.121. The van der Waals surface area contributed by atoms with E-state index < -0.39 is 0 Å². The lowest BCUT2D eigenvalue weighted by Gasteiger charge is -2.22. The van der Waals surface area contributed by atoms with Crippen LogP contribution in [0.25, 0.3) is 0 Å². The molecule has 0 atom stereocenters. The summed E-state index contributed by atoms with van der Waals surface area (Å²) in [6.45, 7) is 4.29. The van der Waals surface area contributed by atoms with E-state index in [4.69, 9.17) is 0 Å². The molecule has 1 aromatic rings. The maximum Gasteiger partial charge on any atom is 0.220 e. The van der Waals surface area contributed by atoms with Gasteiger partial charge in [0.2, 0.25) is 5.91 Å². The van der Waals surface area contributed by atoms with Gasteiger partial charge in [-0.3, -0.25) is 4.79 Å². The topological polar surface area (TPSA) is 42.0 Å². The predicted molar refractivity (Wildman–Crippen MR) is 79.5 cm³/mol. The number of hydrogen-bond donors (Lipinski definition) is 1. The summed E-state index contributed by atoms with van der Waals surface area (Å²) < 4.78 is 0. The third-order valence-corrected chi connectivity index (χ3v) is 4.62. The molecule has 1 amide bonds. The summed E-state index contributed by atoms with van der Waals surface area (Å²) >= 11 is 1.67. The van der Waals surface area contributed by atoms with Crippen molar-refractivity contribution in [2.24, 2.45) is 0 Å². The van der Waals surface area contributed by atoms with Gasteiger partial charge in [0.15, 0.2) is 0 Å². The van der Waals surface area contributed by atoms with Gasteiger partial charge in [-0.15, -0.1) is 11.3 Å². The molecule has 1 aliphatic carbocycles. The zero-order chi connectivity index (χ0) is 13.7. The number of carbonyl (C=O) groups excluding carboxylic acids is 1. The fraction of sp³-hybridized carbons (Fsp3) is 0.733. The van der Waals surface area contributed by atoms with Crippen LogP contribution in [0.2, 0.25) is 0 Å². The van der Waals surface area contributed by atoms with Gasteiger partial charge < -0.3 is 5.32 Å². The Hall–Kier alpha value is -0.900. The summed E-state index contributed by atoms with van der Waals surface area (Å²) in [5, 5.41) is 6.35. The molecule has 0 aromatic carbocycles. The van der Waals surface area contributed by atoms with E-state index in [0.29, 0.717) is 18.4 Å². The first-order valence-electron chi connectivity index (χ1n) is 7.39. The minimum atomic E-state index is 0.188. The van der Waals surface area contributed by atoms with Crippen LogP contribution in [0.15, 0.2) is 5.38 Å². The van der Waals surface area contributed by atoms with Gasteiger partial charge >= 0.3 is 0 Å². The first-order valence-corrected chi connectivity index (χ1v) is 8.27. The first kappa shape index (κ1) is 14.5. The van der Waals surface area contributed by atoms with Crippen LogP contribution < -0.4 is 5.32 Å². The molecule has 106 valence electrons. The van der Waals surface area contributed by atoms with Crippen molar-refractivity contribution >= 4 is 17.2 Å². The summed E-state index contributed by atoms with van der Waals surface area (Å²) in [5.74, 6) is 0.661. The second kappa shape index (κ2) is 7.04. The average Bonchev–Trinajstić information content (AvgIpc) is 2.86. The molecule has 1 aromatic heterocycles. The van der Waals surface area contributed by atoms with Crippen molar-refractivity contribution in [3.05, 3.63) is 16.1 Å². The van der Waals surface area contributed by atoms with Crippen molar-refractivity contribution in [3.63, 3.8) is 0 Å². The van der Waals surface area contributed by atoms with E-state index in [9.17, 15) is 4.79 Å². The molecule has 0 radical (unpaired) electrons. The van der Waals surface area contributed by atoms with E-state index in [1.807, 2.05) is 0 Å². The number of nitrogens with zero attached hydrogens (tertiary/aromatic N) is 1. The largest absolute Gasteiger partial charge is 0.353 e. The van der Waals surface area contributed by atoms with Crippen LogP contribution in [0.4, 0.5) is 0 Å². The molecule has 0 aliphatic heterocycles. The Kier molecular flexibility index (Phi) is 5.37. The zero-order valence-electron chi connectivity index (χ0n) is 11.9. The smallest absolute Gasteiger partial charge is 0.220 e. The molecule has 0 bridgehead atoms. The van der Waals surface area contributed by atoms with Gasteiger partial charge in [0.1, 0.15) is 0 Å². The Labute approximate surface area is 119 Å². The maximum absolute atomic E-state index is 11.9. The molecule has 19 heavy (non-hydrogen) atoms. The number of hydrogen-bond acceptors (Lipinski definition) is 3. The number of nitrogens with one attached hydrogen (secondary N) is 1. The first-order chi connectivity index (χ1) is 9.15. The summed E-state index contributed by atoms with van der Waals surface area (Å²) in [6.07, 6.45) is 7.49. The van der Waals surface area contributed by atoms with Crippen LogP contribution in [0.5, 0.6) is 0 Å². The number of aryl methyl sites for hydroxylation is 1. The van der Waals surface area contributed by atoms with E-state index in [1.165, 1.54) is 19.3 Å². The van der Waals surface area contributed by atoms with Crippen LogP contribution in [0, 0.1) is 0 Å². The Morgan fingerprint density at radius 1 is 1.42 bits per heavy atom. The highest BCUT2D eigenvalue weighted by molar-refractivity contribution is 7.09. The average molecular weight is 280 g/mol. The number of rotatable bonds is 5. The van der Waals surface area contributed by atoms with Crippen molar-refractivity contribution in [3.8, 4) is 0 Å². The zero-order valence-corrected chi connectivity index (χ0v) is 12.8. The Morgan fingerprint density at radius 3 is 2.79 bits per heavy atom. The van der Waals surface area contributed by atoms with Crippen LogP contribution in [0.3, 0.4) is 0 Å². The fourth-order valence-corrected chi connectivity index (χ4v) is 3.43. The molecule has 0 saturated heterocycles. The van der Waals surface area contributed by atoms with E-state index in [1.54, 1.807) is 11.3 Å². The number of aromatic nitrogens is 1. The third-order valence-electron chi connectivity index (χ3n) is 3.70. The Balaban J connectivity index is 1.73. The normalized spacial score (nSPS) is 16.8. The van der Waals surface area contributed by atoms with Crippen molar-refractivity contribution in [1.29, 1.82) is 0 Å². The van der Waals surface area contributed by atoms with Crippen LogP contribution >= 0.6 is 11.3 Å². The molecule has 2 rings (SSSR count). The van der Waals surface area contributed by atoms with E-state index in [2.05, 4.69) is 29.5 Å². The lowest BCUT2D eigenvalue weighted by atomic mass is 9.95. The number of carbonyl (C=O) groups is 1. The van der Waals surface area contributed by atoms with Gasteiger partial charge in [-0.2, -0.15) is 0 Å². The van der Waals surface area contributed by atoms with Crippen molar-refractivity contribution < 1.29 is 4.79 Å². The molecular formula is C15H24N2OS. The molecule has 1 fully saturated rings. The molecule has 1 aliphatic rings. The minimum Gasteiger partial charge on any atom is -0.353 e. The molecule has 1 N–H and O–H groups in total. The highest BCUT2D eigenvalue weighted by atomic mass is 32.1. The van der Waals surface area contributed by atoms with E-state index in [-0.39, 0.29) is 5.91 Å². The Bertz CT molecular complexity index is 408. The van der Waals surface area contributed by atoms with Crippen molar-refractivity contribution in [2.45, 2.75) is 70.8 Å². The van der Waals surface area contributed by atoms with Crippen molar-refractivity contribution in [1.82, 2.24) is 10.3 Å². The summed E-state index contributed by atoms with van der Waals surface area (Å²) in [6, 6.07) is 0.420. The SMILES string of the molecule is CC(C)c1csc(CCC(=O)NC2CCCCC2)n1. The number of thiazole rings is 1. The second-order valence-electron chi connectivity index (χ2n) is 5.72. The summed E-state index contributed by atoms with van der Waals surface area (Å²) in [4.78, 5) is 16.5. The van der Waals surface area contributed by atoms with Crippen LogP contribution in [-0.2, 0) is 11.2 Å². The molecule has 1 heterocycles. The van der Waals surface area contributed by atoms with Crippen LogP contribution in [-0.4, -0.2) is 16.9 Å². The molecular weight excluding hydrogens is 256 g/mol. The number of amides is 1. The second-order valence-corrected chi connectivity index (χ2v) is 6.67. The maximum atomic E-state index is 11.9. The van der Waals surface area contributed by atoms with Gasteiger partial charge in [-0.25, -0.2) is 4.98 Å². The van der Waals surface area contributed by atoms with Gasteiger partial charge in [-0.05, 0) is 18.8 Å². The predicted octanol–water partition coefficient (Wildman–Crippen LogP) is 3.65. The van der Waals surface area contributed by atoms with Crippen LogP contribution in [0.1, 0.15) is 69.0 Å². The molecule has 3 nitrogen and oxygen atoms in total. The standard InChI is InChI=1S/C15H24N2OS/c1-11(2)13-10-19-15(17-13)9-8-14(18)16-12-6-4-3-5-7-12/h10-12H,3-9H2,1-2H3,(H,16,18). The minimum absolute atomic E-state index is 0.188. The molecule has 0 unspecified atom stereocenters. The Morgan fingerprint density at radius 2 is 2.16 bits per heavy atom. The fourth-order valence-electron chi connectivity index (χ4n) is 2.47. The van der Waals surface area contributed by atoms with Gasteiger partial charge in [0.05, 0.1) is 10.7 Å². The highest BCUT2D eigenvalue weighted by Crippen LogP contribution is 2.19. The molecule has 4 heteroatoms. The van der Waals surface area contributed by atoms with E-state index in [0.717, 1.165) is 30.0 Å². The quantitative estimate of drug-likeness (QED) is 0.894. The van der Waals surface area contributed by atoms with Crippen molar-refractivity contribution in [2.75, 3.05) is 0 Å². The summed E-state index contributed by atoms with van der Waals surface area (Å²) in [5.41, 5.74) is 1.15. The lowest BCUT2D eigenvalue weighted by Crippen LogP contribution is -2.36. The third kappa shape index (κ3) is 4.60. The summed E-state index contributed by atoms with van der Waals surface area (Å²) in [7, 11) is 0. The van der Waals surface area contributed by atoms with Gasteiger partial charge in [0, 0.05) is 24.3 Å². The molecule has 1 saturated carbocycles.